The average molecular weight is 357 g/mol. The molecule has 3 aromatic rings. The van der Waals surface area contributed by atoms with Crippen molar-refractivity contribution in [3.05, 3.63) is 69.5 Å². The monoisotopic (exact) mass is 356 g/mol. The minimum absolute atomic E-state index is 0.127. The van der Waals surface area contributed by atoms with Crippen molar-refractivity contribution < 1.29 is 4.79 Å². The number of nitrogens with zero attached hydrogens (tertiary/aromatic N) is 3. The molecule has 0 radical (unpaired) electrons. The second-order valence-corrected chi connectivity index (χ2v) is 6.10. The number of aryl methyl sites for hydroxylation is 1. The van der Waals surface area contributed by atoms with Crippen LogP contribution in [0.1, 0.15) is 24.9 Å². The van der Waals surface area contributed by atoms with Crippen molar-refractivity contribution in [2.24, 2.45) is 0 Å². The summed E-state index contributed by atoms with van der Waals surface area (Å²) in [6, 6.07) is 14.1. The first-order chi connectivity index (χ1) is 12.1. The van der Waals surface area contributed by atoms with E-state index in [-0.39, 0.29) is 30.5 Å². The van der Waals surface area contributed by atoms with Crippen LogP contribution >= 0.6 is 11.6 Å². The lowest BCUT2D eigenvalue weighted by molar-refractivity contribution is -0.122. The topological polar surface area (TPSA) is 76.9 Å². The predicted molar refractivity (Wildman–Crippen MR) is 96.4 cm³/mol. The molecule has 0 spiro atoms. The van der Waals surface area contributed by atoms with Gasteiger partial charge in [-0.1, -0.05) is 47.1 Å². The number of nitrogens with one attached hydrogen (secondary N) is 1. The lowest BCUT2D eigenvalue weighted by atomic mass is 10.1. The van der Waals surface area contributed by atoms with Crippen molar-refractivity contribution in [2.45, 2.75) is 25.9 Å². The summed E-state index contributed by atoms with van der Waals surface area (Å²) in [5, 5.41) is 11.9. The Balaban J connectivity index is 1.66. The van der Waals surface area contributed by atoms with Gasteiger partial charge in [0.2, 0.25) is 5.91 Å². The van der Waals surface area contributed by atoms with E-state index in [1.807, 2.05) is 25.1 Å². The molecular formula is C18H17ClN4O2. The molecule has 0 bridgehead atoms. The van der Waals surface area contributed by atoms with Gasteiger partial charge in [0.1, 0.15) is 5.52 Å². The average Bonchev–Trinajstić information content (AvgIpc) is 2.61. The Morgan fingerprint density at radius 3 is 2.72 bits per heavy atom. The van der Waals surface area contributed by atoms with Crippen molar-refractivity contribution in [2.75, 3.05) is 0 Å². The van der Waals surface area contributed by atoms with Crippen LogP contribution in [0.5, 0.6) is 0 Å². The molecule has 1 amide bonds. The Morgan fingerprint density at radius 1 is 1.20 bits per heavy atom. The van der Waals surface area contributed by atoms with E-state index in [0.29, 0.717) is 15.9 Å². The Bertz CT molecular complexity index is 970. The Kier molecular flexibility index (Phi) is 5.09. The molecule has 0 saturated heterocycles. The Hall–Kier alpha value is -2.73. The molecule has 0 aliphatic rings. The van der Waals surface area contributed by atoms with Gasteiger partial charge in [-0.3, -0.25) is 9.59 Å². The van der Waals surface area contributed by atoms with E-state index in [4.69, 9.17) is 11.6 Å². The van der Waals surface area contributed by atoms with Crippen LogP contribution in [0.3, 0.4) is 0 Å². The molecule has 25 heavy (non-hydrogen) atoms. The maximum Gasteiger partial charge on any atom is 0.277 e. The third-order valence-electron chi connectivity index (χ3n) is 3.93. The standard InChI is InChI=1S/C18H17ClN4O2/c1-12(13-6-2-4-8-15(13)19)20-17(24)10-11-23-18(25)14-7-3-5-9-16(14)21-22-23/h2-9,12H,10-11H2,1H3,(H,20,24). The number of amides is 1. The van der Waals surface area contributed by atoms with Crippen LogP contribution in [-0.2, 0) is 11.3 Å². The molecule has 7 heteroatoms. The molecule has 0 aliphatic carbocycles. The van der Waals surface area contributed by atoms with E-state index in [1.165, 1.54) is 4.68 Å². The molecule has 1 N–H and O–H groups in total. The number of rotatable bonds is 5. The largest absolute Gasteiger partial charge is 0.349 e. The van der Waals surface area contributed by atoms with Gasteiger partial charge < -0.3 is 5.32 Å². The van der Waals surface area contributed by atoms with Crippen LogP contribution in [-0.4, -0.2) is 20.9 Å². The summed E-state index contributed by atoms with van der Waals surface area (Å²) in [4.78, 5) is 24.5. The van der Waals surface area contributed by atoms with E-state index in [9.17, 15) is 9.59 Å². The van der Waals surface area contributed by atoms with Gasteiger partial charge in [0.15, 0.2) is 0 Å². The van der Waals surface area contributed by atoms with Gasteiger partial charge in [0, 0.05) is 11.4 Å². The molecule has 2 aromatic carbocycles. The van der Waals surface area contributed by atoms with Gasteiger partial charge in [-0.05, 0) is 30.7 Å². The molecule has 1 unspecified atom stereocenters. The normalized spacial score (nSPS) is 12.1. The van der Waals surface area contributed by atoms with Crippen molar-refractivity contribution in [3.63, 3.8) is 0 Å². The summed E-state index contributed by atoms with van der Waals surface area (Å²) in [6.07, 6.45) is 0.127. The van der Waals surface area contributed by atoms with E-state index in [0.717, 1.165) is 5.56 Å². The summed E-state index contributed by atoms with van der Waals surface area (Å²) in [5.41, 5.74) is 1.14. The lowest BCUT2D eigenvalue weighted by Crippen LogP contribution is -2.30. The smallest absolute Gasteiger partial charge is 0.277 e. The fourth-order valence-corrected chi connectivity index (χ4v) is 2.89. The second kappa shape index (κ2) is 7.44. The highest BCUT2D eigenvalue weighted by atomic mass is 35.5. The quantitative estimate of drug-likeness (QED) is 0.762. The number of hydrogen-bond donors (Lipinski definition) is 1. The first-order valence-electron chi connectivity index (χ1n) is 7.92. The zero-order valence-electron chi connectivity index (χ0n) is 13.6. The predicted octanol–water partition coefficient (Wildman–Crippen LogP) is 2.71. The van der Waals surface area contributed by atoms with Gasteiger partial charge >= 0.3 is 0 Å². The molecule has 1 aromatic heterocycles. The molecule has 1 atom stereocenters. The van der Waals surface area contributed by atoms with Gasteiger partial charge in [0.05, 0.1) is 18.0 Å². The Labute approximate surface area is 149 Å². The van der Waals surface area contributed by atoms with E-state index in [1.54, 1.807) is 30.3 Å². The molecular weight excluding hydrogens is 340 g/mol. The van der Waals surface area contributed by atoms with Gasteiger partial charge in [0.25, 0.3) is 5.56 Å². The van der Waals surface area contributed by atoms with E-state index < -0.39 is 0 Å². The van der Waals surface area contributed by atoms with Crippen molar-refractivity contribution in [1.29, 1.82) is 0 Å². The summed E-state index contributed by atoms with van der Waals surface area (Å²) >= 11 is 6.14. The van der Waals surface area contributed by atoms with Crippen molar-refractivity contribution >= 4 is 28.4 Å². The highest BCUT2D eigenvalue weighted by Crippen LogP contribution is 2.22. The van der Waals surface area contributed by atoms with Gasteiger partial charge in [-0.25, -0.2) is 4.68 Å². The summed E-state index contributed by atoms with van der Waals surface area (Å²) < 4.78 is 1.21. The molecule has 0 aliphatic heterocycles. The zero-order valence-corrected chi connectivity index (χ0v) is 14.4. The van der Waals surface area contributed by atoms with E-state index >= 15 is 0 Å². The Morgan fingerprint density at radius 2 is 1.92 bits per heavy atom. The first kappa shape index (κ1) is 17.1. The van der Waals surface area contributed by atoms with Gasteiger partial charge in [-0.2, -0.15) is 0 Å². The molecule has 0 fully saturated rings. The van der Waals surface area contributed by atoms with Crippen LogP contribution in [0, 0.1) is 0 Å². The minimum atomic E-state index is -0.252. The molecule has 3 rings (SSSR count). The summed E-state index contributed by atoms with van der Waals surface area (Å²) in [5.74, 6) is -0.186. The van der Waals surface area contributed by atoms with Crippen LogP contribution in [0.15, 0.2) is 53.3 Å². The maximum absolute atomic E-state index is 12.3. The minimum Gasteiger partial charge on any atom is -0.349 e. The number of fused-ring (bicyclic) bond motifs is 1. The summed E-state index contributed by atoms with van der Waals surface area (Å²) in [6.45, 7) is 2.03. The SMILES string of the molecule is CC(NC(=O)CCn1nnc2ccccc2c1=O)c1ccccc1Cl. The molecule has 1 heterocycles. The number of hydrogen-bond acceptors (Lipinski definition) is 4. The second-order valence-electron chi connectivity index (χ2n) is 5.70. The van der Waals surface area contributed by atoms with Gasteiger partial charge in [-0.15, -0.1) is 5.10 Å². The number of aromatic nitrogens is 3. The fraction of sp³-hybridized carbons (Fsp3) is 0.222. The number of carbonyl (C=O) groups is 1. The van der Waals surface area contributed by atoms with Crippen LogP contribution < -0.4 is 10.9 Å². The third kappa shape index (κ3) is 3.85. The number of benzene rings is 2. The fourth-order valence-electron chi connectivity index (χ4n) is 2.59. The highest BCUT2D eigenvalue weighted by Gasteiger charge is 2.13. The number of halogens is 1. The number of carbonyl (C=O) groups excluding carboxylic acids is 1. The van der Waals surface area contributed by atoms with Crippen LogP contribution in [0.25, 0.3) is 10.9 Å². The highest BCUT2D eigenvalue weighted by molar-refractivity contribution is 6.31. The van der Waals surface area contributed by atoms with Crippen molar-refractivity contribution in [3.8, 4) is 0 Å². The molecule has 6 nitrogen and oxygen atoms in total. The van der Waals surface area contributed by atoms with Crippen molar-refractivity contribution in [1.82, 2.24) is 20.3 Å². The summed E-state index contributed by atoms with van der Waals surface area (Å²) in [7, 11) is 0. The zero-order chi connectivity index (χ0) is 17.8. The molecule has 0 saturated carbocycles. The van der Waals surface area contributed by atoms with E-state index in [2.05, 4.69) is 15.6 Å². The lowest BCUT2D eigenvalue weighted by Gasteiger charge is -2.15. The molecule has 128 valence electrons. The van der Waals surface area contributed by atoms with Crippen LogP contribution in [0.4, 0.5) is 0 Å². The maximum atomic E-state index is 12.3. The third-order valence-corrected chi connectivity index (χ3v) is 4.27. The first-order valence-corrected chi connectivity index (χ1v) is 8.30. The van der Waals surface area contributed by atoms with Crippen LogP contribution in [0.2, 0.25) is 5.02 Å².